The summed E-state index contributed by atoms with van der Waals surface area (Å²) in [6.45, 7) is 6.82. The Morgan fingerprint density at radius 1 is 0.970 bits per heavy atom. The van der Waals surface area contributed by atoms with Gasteiger partial charge in [-0.25, -0.2) is 0 Å². The minimum Gasteiger partial charge on any atom is -0.372 e. The van der Waals surface area contributed by atoms with E-state index in [-0.39, 0.29) is 6.04 Å². The highest BCUT2D eigenvalue weighted by Crippen LogP contribution is 2.25. The van der Waals surface area contributed by atoms with Crippen LogP contribution in [0.4, 0.5) is 11.4 Å². The maximum atomic E-state index is 5.56. The van der Waals surface area contributed by atoms with Crippen molar-refractivity contribution < 1.29 is 0 Å². The second-order valence-corrected chi connectivity index (χ2v) is 10.3. The fraction of sp³-hybridized carbons (Fsp3) is 0.321. The molecule has 0 bridgehead atoms. The Morgan fingerprint density at radius 2 is 1.64 bits per heavy atom. The molecule has 0 unspecified atom stereocenters. The van der Waals surface area contributed by atoms with Gasteiger partial charge in [-0.15, -0.1) is 11.8 Å². The fourth-order valence-corrected chi connectivity index (χ4v) is 5.23. The van der Waals surface area contributed by atoms with E-state index in [1.165, 1.54) is 34.6 Å². The van der Waals surface area contributed by atoms with E-state index in [9.17, 15) is 0 Å². The largest absolute Gasteiger partial charge is 0.372 e. The smallest absolute Gasteiger partial charge is 0.171 e. The van der Waals surface area contributed by atoms with Gasteiger partial charge in [0.1, 0.15) is 0 Å². The van der Waals surface area contributed by atoms with Crippen LogP contribution in [-0.4, -0.2) is 18.2 Å². The lowest BCUT2D eigenvalue weighted by atomic mass is 9.98. The van der Waals surface area contributed by atoms with Crippen molar-refractivity contribution in [3.63, 3.8) is 0 Å². The maximum Gasteiger partial charge on any atom is 0.171 e. The molecule has 1 aliphatic rings. The minimum atomic E-state index is 0.141. The zero-order chi connectivity index (χ0) is 23.0. The quantitative estimate of drug-likeness (QED) is 0.277. The molecule has 3 aromatic carbocycles. The van der Waals surface area contributed by atoms with Crippen LogP contribution in [0.1, 0.15) is 43.9 Å². The van der Waals surface area contributed by atoms with Crippen LogP contribution in [0.25, 0.3) is 0 Å². The second-order valence-electron chi connectivity index (χ2n) is 8.88. The summed E-state index contributed by atoms with van der Waals surface area (Å²) >= 11 is 7.41. The predicted molar refractivity (Wildman–Crippen MR) is 147 cm³/mol. The highest BCUT2D eigenvalue weighted by molar-refractivity contribution is 7.98. The van der Waals surface area contributed by atoms with Gasteiger partial charge < -0.3 is 15.5 Å². The minimum absolute atomic E-state index is 0.141. The van der Waals surface area contributed by atoms with Crippen LogP contribution in [0.5, 0.6) is 0 Å². The molecule has 4 rings (SSSR count). The van der Waals surface area contributed by atoms with Gasteiger partial charge in [-0.2, -0.15) is 0 Å². The molecule has 172 valence electrons. The van der Waals surface area contributed by atoms with E-state index >= 15 is 0 Å². The van der Waals surface area contributed by atoms with E-state index < -0.39 is 0 Å². The summed E-state index contributed by atoms with van der Waals surface area (Å²) in [6.07, 6.45) is 2.57. The normalized spacial score (nSPS) is 15.2. The Morgan fingerprint density at radius 3 is 2.30 bits per heavy atom. The highest BCUT2D eigenvalue weighted by Gasteiger charge is 2.16. The summed E-state index contributed by atoms with van der Waals surface area (Å²) in [6, 6.07) is 28.0. The highest BCUT2D eigenvalue weighted by atomic mass is 32.2. The number of rotatable bonds is 7. The third kappa shape index (κ3) is 6.99. The zero-order valence-electron chi connectivity index (χ0n) is 19.5. The zero-order valence-corrected chi connectivity index (χ0v) is 21.1. The van der Waals surface area contributed by atoms with Crippen LogP contribution in [0.3, 0.4) is 0 Å². The average Bonchev–Trinajstić information content (AvgIpc) is 2.85. The number of piperidine rings is 1. The Balaban J connectivity index is 1.25. The van der Waals surface area contributed by atoms with Crippen LogP contribution in [0, 0.1) is 5.92 Å². The molecule has 1 saturated heterocycles. The van der Waals surface area contributed by atoms with Gasteiger partial charge in [-0.05, 0) is 85.4 Å². The Bertz CT molecular complexity index is 1010. The third-order valence-corrected chi connectivity index (χ3v) is 7.55. The molecule has 0 radical (unpaired) electrons. The van der Waals surface area contributed by atoms with Gasteiger partial charge in [0.05, 0.1) is 6.04 Å². The standard InChI is InChI=1S/C28H33N3S2/c1-21-16-18-31(19-17-21)26-14-10-24(11-15-26)22(2)29-28(32)30-25-12-8-23(9-13-25)20-33-27-6-4-3-5-7-27/h3-15,21-22H,16-20H2,1-2H3,(H2,29,30,32)/t22-/m1/s1. The lowest BCUT2D eigenvalue weighted by Crippen LogP contribution is -2.33. The van der Waals surface area contributed by atoms with E-state index in [0.29, 0.717) is 5.11 Å². The van der Waals surface area contributed by atoms with E-state index in [4.69, 9.17) is 12.2 Å². The lowest BCUT2D eigenvalue weighted by molar-refractivity contribution is 0.438. The van der Waals surface area contributed by atoms with E-state index in [0.717, 1.165) is 30.4 Å². The van der Waals surface area contributed by atoms with Crippen molar-refractivity contribution in [1.82, 2.24) is 5.32 Å². The molecule has 5 heteroatoms. The number of nitrogens with one attached hydrogen (secondary N) is 2. The second kappa shape index (κ2) is 11.6. The summed E-state index contributed by atoms with van der Waals surface area (Å²) in [4.78, 5) is 3.79. The monoisotopic (exact) mass is 475 g/mol. The molecule has 3 aromatic rings. The molecule has 0 spiro atoms. The van der Waals surface area contributed by atoms with Crippen molar-refractivity contribution in [3.05, 3.63) is 90.0 Å². The van der Waals surface area contributed by atoms with Gasteiger partial charge >= 0.3 is 0 Å². The Labute approximate surface area is 208 Å². The first kappa shape index (κ1) is 23.7. The molecule has 2 N–H and O–H groups in total. The number of thiocarbonyl (C=S) groups is 1. The molecule has 33 heavy (non-hydrogen) atoms. The van der Waals surface area contributed by atoms with Gasteiger partial charge in [0.15, 0.2) is 5.11 Å². The van der Waals surface area contributed by atoms with Crippen LogP contribution in [-0.2, 0) is 5.75 Å². The first-order valence-corrected chi connectivity index (χ1v) is 13.2. The van der Waals surface area contributed by atoms with E-state index in [1.54, 1.807) is 0 Å². The van der Waals surface area contributed by atoms with Crippen molar-refractivity contribution in [2.75, 3.05) is 23.3 Å². The molecule has 1 fully saturated rings. The molecule has 1 aliphatic heterocycles. The third-order valence-electron chi connectivity index (χ3n) is 6.25. The summed E-state index contributed by atoms with van der Waals surface area (Å²) < 4.78 is 0. The maximum absolute atomic E-state index is 5.56. The van der Waals surface area contributed by atoms with Crippen molar-refractivity contribution in [3.8, 4) is 0 Å². The Hall–Kier alpha value is -2.50. The predicted octanol–water partition coefficient (Wildman–Crippen LogP) is 7.26. The molecule has 3 nitrogen and oxygen atoms in total. The summed E-state index contributed by atoms with van der Waals surface area (Å²) in [5, 5.41) is 7.37. The molecule has 1 atom stereocenters. The molecule has 1 heterocycles. The number of hydrogen-bond acceptors (Lipinski definition) is 3. The van der Waals surface area contributed by atoms with Crippen molar-refractivity contribution in [2.24, 2.45) is 5.92 Å². The number of benzene rings is 3. The van der Waals surface area contributed by atoms with E-state index in [1.807, 2.05) is 17.8 Å². The van der Waals surface area contributed by atoms with Crippen molar-refractivity contribution in [1.29, 1.82) is 0 Å². The van der Waals surface area contributed by atoms with Crippen LogP contribution in [0.2, 0.25) is 0 Å². The summed E-state index contributed by atoms with van der Waals surface area (Å²) in [5.41, 5.74) is 4.86. The van der Waals surface area contributed by atoms with Gasteiger partial charge in [0.2, 0.25) is 0 Å². The first-order chi connectivity index (χ1) is 16.1. The topological polar surface area (TPSA) is 27.3 Å². The fourth-order valence-electron chi connectivity index (χ4n) is 4.06. The van der Waals surface area contributed by atoms with Gasteiger partial charge in [-0.1, -0.05) is 49.4 Å². The Kier molecular flexibility index (Phi) is 8.30. The molecule has 0 amide bonds. The average molecular weight is 476 g/mol. The summed E-state index contributed by atoms with van der Waals surface area (Å²) in [7, 11) is 0. The van der Waals surface area contributed by atoms with Gasteiger partial charge in [0, 0.05) is 35.1 Å². The van der Waals surface area contributed by atoms with Crippen LogP contribution in [0.15, 0.2) is 83.8 Å². The molecular weight excluding hydrogens is 442 g/mol. The molecular formula is C28H33N3S2. The molecule has 0 saturated carbocycles. The van der Waals surface area contributed by atoms with Crippen molar-refractivity contribution >= 4 is 40.5 Å². The molecule has 0 aliphatic carbocycles. The number of thioether (sulfide) groups is 1. The molecule has 0 aromatic heterocycles. The van der Waals surface area contributed by atoms with Gasteiger partial charge in [-0.3, -0.25) is 0 Å². The van der Waals surface area contributed by atoms with Crippen LogP contribution >= 0.6 is 24.0 Å². The number of hydrogen-bond donors (Lipinski definition) is 2. The van der Waals surface area contributed by atoms with Gasteiger partial charge in [0.25, 0.3) is 0 Å². The summed E-state index contributed by atoms with van der Waals surface area (Å²) in [5.74, 6) is 1.80. The SMILES string of the molecule is CC1CCN(c2ccc([C@@H](C)NC(=S)Nc3ccc(CSc4ccccc4)cc3)cc2)CC1. The van der Waals surface area contributed by atoms with Crippen molar-refractivity contribution in [2.45, 2.75) is 43.4 Å². The first-order valence-electron chi connectivity index (χ1n) is 11.8. The number of nitrogens with zero attached hydrogens (tertiary/aromatic N) is 1. The lowest BCUT2D eigenvalue weighted by Gasteiger charge is -2.32. The van der Waals surface area contributed by atoms with Crippen LogP contribution < -0.4 is 15.5 Å². The van der Waals surface area contributed by atoms with E-state index in [2.05, 4.69) is 102 Å². The number of anilines is 2.